The Balaban J connectivity index is 4.53. The van der Waals surface area contributed by atoms with Crippen LogP contribution in [0.15, 0.2) is 50.1 Å². The van der Waals surface area contributed by atoms with E-state index >= 15 is 0 Å². The Morgan fingerprint density at radius 3 is 1.85 bits per heavy atom. The second-order valence-electron chi connectivity index (χ2n) is 3.64. The van der Waals surface area contributed by atoms with E-state index in [1.807, 2.05) is 18.2 Å². The average molecular weight is 192 g/mol. The zero-order valence-electron chi connectivity index (χ0n) is 8.68. The molecular formula is C12H20Si. The minimum atomic E-state index is 0.248. The fourth-order valence-electron chi connectivity index (χ4n) is 1.43. The van der Waals surface area contributed by atoms with Crippen LogP contribution in [0, 0.1) is 0 Å². The first-order chi connectivity index (χ1) is 6.10. The van der Waals surface area contributed by atoms with Crippen LogP contribution in [0.4, 0.5) is 0 Å². The molecule has 0 aromatic carbocycles. The Hall–Kier alpha value is -0.823. The molecule has 0 aromatic rings. The first-order valence-electron chi connectivity index (χ1n) is 4.61. The predicted molar refractivity (Wildman–Crippen MR) is 66.2 cm³/mol. The van der Waals surface area contributed by atoms with E-state index in [0.717, 1.165) is 29.5 Å². The van der Waals surface area contributed by atoms with E-state index in [1.54, 1.807) is 0 Å². The molecule has 0 bridgehead atoms. The Bertz CT molecular complexity index is 203. The van der Waals surface area contributed by atoms with Crippen molar-refractivity contribution in [2.45, 2.75) is 24.3 Å². The minimum Gasteiger partial charge on any atom is -0.103 e. The molecule has 0 aliphatic heterocycles. The standard InChI is InChI=1S/C12H20Si/c1-5-8-11(4)12(13,9-6-2)10-7-3/h5-7H,1-4,8-10H2,13H3. The lowest BCUT2D eigenvalue weighted by Crippen LogP contribution is -2.13. The summed E-state index contributed by atoms with van der Waals surface area (Å²) in [7, 11) is 1.10. The van der Waals surface area contributed by atoms with Gasteiger partial charge in [0, 0.05) is 10.2 Å². The van der Waals surface area contributed by atoms with Crippen molar-refractivity contribution in [2.24, 2.45) is 0 Å². The Morgan fingerprint density at radius 2 is 1.54 bits per heavy atom. The lowest BCUT2D eigenvalue weighted by Gasteiger charge is -2.29. The molecule has 0 amide bonds. The number of hydrogen-bond donors (Lipinski definition) is 0. The van der Waals surface area contributed by atoms with Crippen LogP contribution in [0.1, 0.15) is 19.3 Å². The number of allylic oxidation sites excluding steroid dienone is 4. The quantitative estimate of drug-likeness (QED) is 0.430. The summed E-state index contributed by atoms with van der Waals surface area (Å²) in [5.74, 6) is 0. The minimum absolute atomic E-state index is 0.248. The lowest BCUT2D eigenvalue weighted by atomic mass is 9.90. The molecule has 13 heavy (non-hydrogen) atoms. The summed E-state index contributed by atoms with van der Waals surface area (Å²) in [5.41, 5.74) is 1.27. The zero-order valence-corrected chi connectivity index (χ0v) is 10.7. The van der Waals surface area contributed by atoms with Crippen molar-refractivity contribution >= 4 is 10.2 Å². The Morgan fingerprint density at radius 1 is 1.08 bits per heavy atom. The van der Waals surface area contributed by atoms with E-state index in [2.05, 4.69) is 26.3 Å². The van der Waals surface area contributed by atoms with Gasteiger partial charge in [0.25, 0.3) is 0 Å². The molecule has 0 aromatic heterocycles. The third-order valence-corrected chi connectivity index (χ3v) is 3.96. The van der Waals surface area contributed by atoms with Crippen LogP contribution in [-0.4, -0.2) is 10.2 Å². The SMILES string of the molecule is C=CCC(=C)C([SiH3])(CC=C)CC=C. The molecule has 0 heterocycles. The van der Waals surface area contributed by atoms with Gasteiger partial charge in [-0.1, -0.05) is 30.4 Å². The van der Waals surface area contributed by atoms with E-state index in [9.17, 15) is 0 Å². The molecule has 0 spiro atoms. The predicted octanol–water partition coefficient (Wildman–Crippen LogP) is 2.80. The second-order valence-corrected chi connectivity index (χ2v) is 5.56. The van der Waals surface area contributed by atoms with Crippen LogP contribution in [0.25, 0.3) is 0 Å². The summed E-state index contributed by atoms with van der Waals surface area (Å²) in [4.78, 5) is 0. The maximum Gasteiger partial charge on any atom is 0.0166 e. The van der Waals surface area contributed by atoms with Crippen molar-refractivity contribution in [1.29, 1.82) is 0 Å². The van der Waals surface area contributed by atoms with Gasteiger partial charge >= 0.3 is 0 Å². The summed E-state index contributed by atoms with van der Waals surface area (Å²) in [6.45, 7) is 15.4. The fourth-order valence-corrected chi connectivity index (χ4v) is 2.21. The molecule has 0 unspecified atom stereocenters. The molecule has 0 aliphatic rings. The van der Waals surface area contributed by atoms with Gasteiger partial charge in [-0.05, 0) is 24.3 Å². The first-order valence-corrected chi connectivity index (χ1v) is 5.61. The van der Waals surface area contributed by atoms with E-state index < -0.39 is 0 Å². The fraction of sp³-hybridized carbons (Fsp3) is 0.333. The maximum absolute atomic E-state index is 4.12. The van der Waals surface area contributed by atoms with Gasteiger partial charge in [0.15, 0.2) is 0 Å². The largest absolute Gasteiger partial charge is 0.103 e. The summed E-state index contributed by atoms with van der Waals surface area (Å²) in [6, 6.07) is 0. The van der Waals surface area contributed by atoms with Gasteiger partial charge in [0.1, 0.15) is 0 Å². The van der Waals surface area contributed by atoms with Crippen molar-refractivity contribution in [3.8, 4) is 0 Å². The van der Waals surface area contributed by atoms with E-state index in [4.69, 9.17) is 0 Å². The smallest absolute Gasteiger partial charge is 0.0166 e. The molecule has 0 N–H and O–H groups in total. The zero-order chi connectivity index (χ0) is 10.3. The molecule has 0 fully saturated rings. The molecule has 0 nitrogen and oxygen atoms in total. The summed E-state index contributed by atoms with van der Waals surface area (Å²) in [6.07, 6.45) is 8.80. The first kappa shape index (κ1) is 12.2. The average Bonchev–Trinajstić information content (AvgIpc) is 2.05. The van der Waals surface area contributed by atoms with Gasteiger partial charge < -0.3 is 0 Å². The van der Waals surface area contributed by atoms with Crippen molar-refractivity contribution in [2.75, 3.05) is 0 Å². The molecule has 0 atom stereocenters. The monoisotopic (exact) mass is 192 g/mol. The van der Waals surface area contributed by atoms with E-state index in [-0.39, 0.29) is 5.04 Å². The van der Waals surface area contributed by atoms with Gasteiger partial charge in [0.2, 0.25) is 0 Å². The third kappa shape index (κ3) is 3.60. The highest BCUT2D eigenvalue weighted by molar-refractivity contribution is 6.17. The normalized spacial score (nSPS) is 10.8. The molecule has 72 valence electrons. The summed E-state index contributed by atoms with van der Waals surface area (Å²) in [5, 5.41) is 0.248. The Labute approximate surface area is 85.2 Å². The molecule has 0 saturated carbocycles. The highest BCUT2D eigenvalue weighted by atomic mass is 28.1. The highest BCUT2D eigenvalue weighted by Crippen LogP contribution is 2.40. The van der Waals surface area contributed by atoms with Crippen molar-refractivity contribution in [3.63, 3.8) is 0 Å². The Kier molecular flexibility index (Phi) is 5.39. The van der Waals surface area contributed by atoms with E-state index in [1.165, 1.54) is 5.57 Å². The van der Waals surface area contributed by atoms with Crippen molar-refractivity contribution < 1.29 is 0 Å². The van der Waals surface area contributed by atoms with Crippen molar-refractivity contribution in [1.82, 2.24) is 0 Å². The lowest BCUT2D eigenvalue weighted by molar-refractivity contribution is 0.651. The van der Waals surface area contributed by atoms with Crippen molar-refractivity contribution in [3.05, 3.63) is 50.1 Å². The summed E-state index contributed by atoms with van der Waals surface area (Å²) >= 11 is 0. The van der Waals surface area contributed by atoms with Gasteiger partial charge in [-0.3, -0.25) is 0 Å². The van der Waals surface area contributed by atoms with Crippen LogP contribution < -0.4 is 0 Å². The number of hydrogen-bond acceptors (Lipinski definition) is 0. The molecule has 0 saturated heterocycles. The second kappa shape index (κ2) is 5.76. The third-order valence-electron chi connectivity index (χ3n) is 2.43. The molecule has 0 radical (unpaired) electrons. The maximum atomic E-state index is 4.12. The van der Waals surface area contributed by atoms with Gasteiger partial charge in [-0.15, -0.1) is 19.7 Å². The topological polar surface area (TPSA) is 0 Å². The van der Waals surface area contributed by atoms with Crippen LogP contribution >= 0.6 is 0 Å². The van der Waals surface area contributed by atoms with Gasteiger partial charge in [-0.25, -0.2) is 0 Å². The summed E-state index contributed by atoms with van der Waals surface area (Å²) < 4.78 is 0. The van der Waals surface area contributed by atoms with Gasteiger partial charge in [-0.2, -0.15) is 0 Å². The number of rotatable bonds is 7. The molecule has 1 heteroatoms. The molecular weight excluding hydrogens is 172 g/mol. The highest BCUT2D eigenvalue weighted by Gasteiger charge is 2.23. The van der Waals surface area contributed by atoms with Crippen LogP contribution in [0.5, 0.6) is 0 Å². The molecule has 0 aliphatic carbocycles. The van der Waals surface area contributed by atoms with Crippen LogP contribution in [-0.2, 0) is 0 Å². The van der Waals surface area contributed by atoms with Crippen LogP contribution in [0.2, 0.25) is 5.04 Å². The van der Waals surface area contributed by atoms with Gasteiger partial charge in [0.05, 0.1) is 0 Å². The van der Waals surface area contributed by atoms with E-state index in [0.29, 0.717) is 0 Å². The molecule has 0 rings (SSSR count). The van der Waals surface area contributed by atoms with Crippen LogP contribution in [0.3, 0.4) is 0 Å².